The molecule has 0 fully saturated rings. The van der Waals surface area contributed by atoms with E-state index < -0.39 is 0 Å². The van der Waals surface area contributed by atoms with Crippen molar-refractivity contribution < 1.29 is 4.79 Å². The van der Waals surface area contributed by atoms with Gasteiger partial charge < -0.3 is 14.8 Å². The summed E-state index contributed by atoms with van der Waals surface area (Å²) < 4.78 is 1.65. The summed E-state index contributed by atoms with van der Waals surface area (Å²) in [7, 11) is 3.92. The third-order valence-corrected chi connectivity index (χ3v) is 4.92. The van der Waals surface area contributed by atoms with E-state index in [2.05, 4.69) is 12.2 Å². The van der Waals surface area contributed by atoms with Crippen molar-refractivity contribution in [1.29, 1.82) is 0 Å². The Balaban J connectivity index is 2.18. The van der Waals surface area contributed by atoms with Crippen molar-refractivity contribution in [2.45, 2.75) is 33.2 Å². The minimum absolute atomic E-state index is 0.0933. The molecule has 6 heteroatoms. The van der Waals surface area contributed by atoms with Gasteiger partial charge in [-0.3, -0.25) is 9.59 Å². The number of likely N-dealkylation sites (N-methyl/N-ethyl adjacent to an activating group) is 1. The molecule has 3 rings (SSSR count). The van der Waals surface area contributed by atoms with Crippen molar-refractivity contribution in [3.63, 3.8) is 0 Å². The first kappa shape index (κ1) is 20.0. The fourth-order valence-corrected chi connectivity index (χ4v) is 3.29. The van der Waals surface area contributed by atoms with Crippen LogP contribution in [0.5, 0.6) is 0 Å². The predicted octanol–water partition coefficient (Wildman–Crippen LogP) is 2.95. The van der Waals surface area contributed by atoms with Gasteiger partial charge in [-0.25, -0.2) is 4.98 Å². The van der Waals surface area contributed by atoms with Crippen LogP contribution in [-0.2, 0) is 6.54 Å². The fraction of sp³-hybridized carbons (Fsp3) is 0.409. The Kier molecular flexibility index (Phi) is 6.09. The highest BCUT2D eigenvalue weighted by atomic mass is 16.2. The first-order valence-electron chi connectivity index (χ1n) is 9.78. The smallest absolute Gasteiger partial charge is 0.260 e. The number of pyridine rings is 2. The zero-order chi connectivity index (χ0) is 20.3. The fourth-order valence-electron chi connectivity index (χ4n) is 3.29. The van der Waals surface area contributed by atoms with Gasteiger partial charge in [0.25, 0.3) is 11.5 Å². The van der Waals surface area contributed by atoms with Crippen LogP contribution < -0.4 is 10.9 Å². The SMILES string of the molecule is CCCCn1cc(C(=O)NCCN(C)C)c2nc3c(C)cccc3cc2c1=O. The highest BCUT2D eigenvalue weighted by Gasteiger charge is 2.17. The number of aryl methyl sites for hydroxylation is 2. The molecule has 0 bridgehead atoms. The van der Waals surface area contributed by atoms with Crippen molar-refractivity contribution in [3.05, 3.63) is 51.9 Å². The zero-order valence-electron chi connectivity index (χ0n) is 17.1. The summed E-state index contributed by atoms with van der Waals surface area (Å²) >= 11 is 0. The molecule has 1 N–H and O–H groups in total. The second-order valence-electron chi connectivity index (χ2n) is 7.49. The van der Waals surface area contributed by atoms with Crippen molar-refractivity contribution in [2.75, 3.05) is 27.2 Å². The molecule has 1 aromatic carbocycles. The number of hydrogen-bond donors (Lipinski definition) is 1. The Bertz CT molecular complexity index is 1070. The molecule has 3 aromatic rings. The molecule has 0 saturated heterocycles. The molecular weight excluding hydrogens is 352 g/mol. The van der Waals surface area contributed by atoms with Crippen LogP contribution in [-0.4, -0.2) is 47.5 Å². The number of unbranched alkanes of at least 4 members (excludes halogenated alkanes) is 1. The Morgan fingerprint density at radius 2 is 2.04 bits per heavy atom. The molecule has 0 spiro atoms. The van der Waals surface area contributed by atoms with Gasteiger partial charge in [-0.15, -0.1) is 0 Å². The normalized spacial score (nSPS) is 11.5. The van der Waals surface area contributed by atoms with E-state index in [1.165, 1.54) is 0 Å². The number of nitrogens with one attached hydrogen (secondary N) is 1. The topological polar surface area (TPSA) is 67.2 Å². The molecular formula is C22H28N4O2. The monoisotopic (exact) mass is 380 g/mol. The largest absolute Gasteiger partial charge is 0.351 e. The Labute approximate surface area is 165 Å². The molecule has 2 heterocycles. The van der Waals surface area contributed by atoms with Crippen molar-refractivity contribution >= 4 is 27.7 Å². The van der Waals surface area contributed by atoms with Crippen LogP contribution in [0.25, 0.3) is 21.8 Å². The van der Waals surface area contributed by atoms with Crippen LogP contribution >= 0.6 is 0 Å². The van der Waals surface area contributed by atoms with Gasteiger partial charge in [-0.1, -0.05) is 31.5 Å². The molecule has 0 aliphatic rings. The Morgan fingerprint density at radius 1 is 1.25 bits per heavy atom. The van der Waals surface area contributed by atoms with Crippen molar-refractivity contribution in [3.8, 4) is 0 Å². The number of aromatic nitrogens is 2. The minimum atomic E-state index is -0.197. The van der Waals surface area contributed by atoms with Crippen LogP contribution in [0.3, 0.4) is 0 Å². The number of carbonyl (C=O) groups excluding carboxylic acids is 1. The van der Waals surface area contributed by atoms with E-state index in [1.807, 2.05) is 50.2 Å². The van der Waals surface area contributed by atoms with Crippen LogP contribution in [0.2, 0.25) is 0 Å². The number of amides is 1. The van der Waals surface area contributed by atoms with Crippen LogP contribution in [0.15, 0.2) is 35.3 Å². The third-order valence-electron chi connectivity index (χ3n) is 4.92. The Hall–Kier alpha value is -2.73. The van der Waals surface area contributed by atoms with Crippen molar-refractivity contribution in [2.24, 2.45) is 0 Å². The van der Waals surface area contributed by atoms with Gasteiger partial charge in [0.1, 0.15) is 0 Å². The highest BCUT2D eigenvalue weighted by Crippen LogP contribution is 2.22. The van der Waals surface area contributed by atoms with Gasteiger partial charge in [0.15, 0.2) is 0 Å². The number of nitrogens with zero attached hydrogens (tertiary/aromatic N) is 3. The van der Waals surface area contributed by atoms with E-state index >= 15 is 0 Å². The van der Waals surface area contributed by atoms with Gasteiger partial charge in [-0.05, 0) is 39.1 Å². The molecule has 28 heavy (non-hydrogen) atoms. The standard InChI is InChI=1S/C22H28N4O2/c1-5-6-11-26-14-18(21(27)23-10-12-25(3)4)20-17(22(26)28)13-16-9-7-8-15(2)19(16)24-20/h7-9,13-14H,5-6,10-12H2,1-4H3,(H,23,27). The summed E-state index contributed by atoms with van der Waals surface area (Å²) in [6.07, 6.45) is 3.53. The highest BCUT2D eigenvalue weighted by molar-refractivity contribution is 6.07. The number of rotatable bonds is 7. The average molecular weight is 380 g/mol. The minimum Gasteiger partial charge on any atom is -0.351 e. The molecule has 2 aromatic heterocycles. The molecule has 1 amide bonds. The summed E-state index contributed by atoms with van der Waals surface area (Å²) in [5.74, 6) is -0.197. The van der Waals surface area contributed by atoms with E-state index in [0.717, 1.165) is 35.9 Å². The number of para-hydroxylation sites is 1. The molecule has 0 aliphatic carbocycles. The first-order chi connectivity index (χ1) is 13.4. The second-order valence-corrected chi connectivity index (χ2v) is 7.49. The number of benzene rings is 1. The van der Waals surface area contributed by atoms with Crippen LogP contribution in [0.4, 0.5) is 0 Å². The van der Waals surface area contributed by atoms with Gasteiger partial charge in [0.2, 0.25) is 0 Å². The number of hydrogen-bond acceptors (Lipinski definition) is 4. The first-order valence-corrected chi connectivity index (χ1v) is 9.78. The van der Waals surface area contributed by atoms with E-state index in [9.17, 15) is 9.59 Å². The second kappa shape index (κ2) is 8.52. The lowest BCUT2D eigenvalue weighted by Crippen LogP contribution is -2.33. The quantitative estimate of drug-likeness (QED) is 0.640. The maximum absolute atomic E-state index is 13.0. The molecule has 0 saturated carbocycles. The van der Waals surface area contributed by atoms with Crippen LogP contribution in [0.1, 0.15) is 35.7 Å². The zero-order valence-corrected chi connectivity index (χ0v) is 17.1. The van der Waals surface area contributed by atoms with E-state index in [4.69, 9.17) is 4.98 Å². The number of fused-ring (bicyclic) bond motifs is 2. The lowest BCUT2D eigenvalue weighted by atomic mass is 10.1. The van der Waals surface area contributed by atoms with E-state index in [0.29, 0.717) is 29.6 Å². The average Bonchev–Trinajstić information content (AvgIpc) is 2.66. The molecule has 148 valence electrons. The maximum atomic E-state index is 13.0. The molecule has 6 nitrogen and oxygen atoms in total. The number of carbonyl (C=O) groups is 1. The summed E-state index contributed by atoms with van der Waals surface area (Å²) in [6.45, 7) is 5.94. The summed E-state index contributed by atoms with van der Waals surface area (Å²) in [4.78, 5) is 32.7. The van der Waals surface area contributed by atoms with Crippen molar-refractivity contribution in [1.82, 2.24) is 19.8 Å². The molecule has 0 aliphatic heterocycles. The summed E-state index contributed by atoms with van der Waals surface area (Å²) in [5.41, 5.74) is 2.68. The van der Waals surface area contributed by atoms with Gasteiger partial charge >= 0.3 is 0 Å². The summed E-state index contributed by atoms with van der Waals surface area (Å²) in [6, 6.07) is 7.76. The predicted molar refractivity (Wildman–Crippen MR) is 114 cm³/mol. The molecule has 0 unspecified atom stereocenters. The lowest BCUT2D eigenvalue weighted by molar-refractivity contribution is 0.0951. The third kappa shape index (κ3) is 4.07. The maximum Gasteiger partial charge on any atom is 0.260 e. The Morgan fingerprint density at radius 3 is 2.75 bits per heavy atom. The summed E-state index contributed by atoms with van der Waals surface area (Å²) in [5, 5.41) is 4.36. The molecule has 0 atom stereocenters. The molecule has 0 radical (unpaired) electrons. The van der Waals surface area contributed by atoms with Gasteiger partial charge in [0, 0.05) is 31.2 Å². The van der Waals surface area contributed by atoms with Gasteiger partial charge in [0.05, 0.1) is 22.0 Å². The lowest BCUT2D eigenvalue weighted by Gasteiger charge is -2.14. The van der Waals surface area contributed by atoms with Crippen LogP contribution in [0, 0.1) is 6.92 Å². The van der Waals surface area contributed by atoms with Gasteiger partial charge in [-0.2, -0.15) is 0 Å². The van der Waals surface area contributed by atoms with E-state index in [1.54, 1.807) is 10.8 Å². The van der Waals surface area contributed by atoms with E-state index in [-0.39, 0.29) is 11.5 Å².